The molecule has 3 rings (SSSR count). The standard InChI is InChI=1S/C20H20FNO3/c1-2-25-20(24)22-18(15-9-5-6-10-17(15)21)16-12-11-13-7-3-4-8-14(13)19(16)23/h3-10,16,18H,2,11-12H2,1H3,(H,22,24)/t16-,18-/m1/s1. The van der Waals surface area contributed by atoms with Crippen molar-refractivity contribution in [3.8, 4) is 0 Å². The molecule has 0 aromatic heterocycles. The fraction of sp³-hybridized carbons (Fsp3) is 0.300. The monoisotopic (exact) mass is 341 g/mol. The number of aryl methyl sites for hydroxylation is 1. The molecule has 2 aromatic rings. The van der Waals surface area contributed by atoms with E-state index in [0.717, 1.165) is 5.56 Å². The van der Waals surface area contributed by atoms with Crippen molar-refractivity contribution in [2.75, 3.05) is 6.61 Å². The van der Waals surface area contributed by atoms with Gasteiger partial charge in [-0.1, -0.05) is 42.5 Å². The summed E-state index contributed by atoms with van der Waals surface area (Å²) in [4.78, 5) is 24.9. The van der Waals surface area contributed by atoms with Gasteiger partial charge in [0.05, 0.1) is 12.6 Å². The summed E-state index contributed by atoms with van der Waals surface area (Å²) in [5.41, 5.74) is 1.94. The van der Waals surface area contributed by atoms with Crippen molar-refractivity contribution in [1.82, 2.24) is 5.32 Å². The Morgan fingerprint density at radius 3 is 2.72 bits per heavy atom. The van der Waals surface area contributed by atoms with Crippen LogP contribution in [0.3, 0.4) is 0 Å². The second kappa shape index (κ2) is 7.47. The lowest BCUT2D eigenvalue weighted by atomic mass is 9.77. The molecule has 1 N–H and O–H groups in total. The molecule has 1 aliphatic rings. The first kappa shape index (κ1) is 17.1. The number of halogens is 1. The Balaban J connectivity index is 1.96. The van der Waals surface area contributed by atoms with Crippen molar-refractivity contribution in [2.24, 2.45) is 5.92 Å². The second-order valence-corrected chi connectivity index (χ2v) is 6.03. The Hall–Kier alpha value is -2.69. The molecule has 0 spiro atoms. The third kappa shape index (κ3) is 3.55. The first-order valence-corrected chi connectivity index (χ1v) is 8.41. The molecule has 4 nitrogen and oxygen atoms in total. The van der Waals surface area contributed by atoms with E-state index >= 15 is 0 Å². The van der Waals surface area contributed by atoms with Gasteiger partial charge in [0.15, 0.2) is 5.78 Å². The van der Waals surface area contributed by atoms with E-state index in [1.165, 1.54) is 6.07 Å². The van der Waals surface area contributed by atoms with Gasteiger partial charge in [-0.15, -0.1) is 0 Å². The summed E-state index contributed by atoms with van der Waals surface area (Å²) >= 11 is 0. The third-order valence-corrected chi connectivity index (χ3v) is 4.54. The number of carbonyl (C=O) groups is 2. The van der Waals surface area contributed by atoms with Crippen molar-refractivity contribution in [3.05, 3.63) is 71.0 Å². The Kier molecular flexibility index (Phi) is 5.12. The Morgan fingerprint density at radius 2 is 1.96 bits per heavy atom. The van der Waals surface area contributed by atoms with E-state index in [0.29, 0.717) is 24.0 Å². The number of benzene rings is 2. The number of carbonyl (C=O) groups excluding carboxylic acids is 2. The summed E-state index contributed by atoms with van der Waals surface area (Å²) in [7, 11) is 0. The van der Waals surface area contributed by atoms with Gasteiger partial charge in [0.1, 0.15) is 5.82 Å². The number of nitrogens with one attached hydrogen (secondary N) is 1. The van der Waals surface area contributed by atoms with Crippen LogP contribution in [0.15, 0.2) is 48.5 Å². The van der Waals surface area contributed by atoms with Crippen LogP contribution in [-0.2, 0) is 11.2 Å². The highest BCUT2D eigenvalue weighted by Crippen LogP contribution is 2.35. The molecule has 0 saturated heterocycles. The van der Waals surface area contributed by atoms with Crippen LogP contribution in [0.4, 0.5) is 9.18 Å². The number of hydrogen-bond donors (Lipinski definition) is 1. The molecule has 1 aliphatic carbocycles. The molecule has 0 unspecified atom stereocenters. The zero-order valence-corrected chi connectivity index (χ0v) is 14.0. The average molecular weight is 341 g/mol. The van der Waals surface area contributed by atoms with Crippen LogP contribution in [0.2, 0.25) is 0 Å². The van der Waals surface area contributed by atoms with Crippen molar-refractivity contribution >= 4 is 11.9 Å². The zero-order chi connectivity index (χ0) is 17.8. The van der Waals surface area contributed by atoms with E-state index < -0.39 is 23.9 Å². The van der Waals surface area contributed by atoms with Crippen molar-refractivity contribution in [1.29, 1.82) is 0 Å². The zero-order valence-electron chi connectivity index (χ0n) is 14.0. The number of hydrogen-bond acceptors (Lipinski definition) is 3. The van der Waals surface area contributed by atoms with Gasteiger partial charge in [-0.05, 0) is 31.4 Å². The van der Waals surface area contributed by atoms with Gasteiger partial charge in [-0.2, -0.15) is 0 Å². The highest BCUT2D eigenvalue weighted by molar-refractivity contribution is 6.00. The molecule has 25 heavy (non-hydrogen) atoms. The van der Waals surface area contributed by atoms with Crippen LogP contribution in [0.1, 0.15) is 40.9 Å². The maximum atomic E-state index is 14.4. The van der Waals surface area contributed by atoms with Gasteiger partial charge in [-0.25, -0.2) is 9.18 Å². The van der Waals surface area contributed by atoms with Gasteiger partial charge in [0, 0.05) is 17.0 Å². The molecule has 0 fully saturated rings. The molecule has 2 atom stereocenters. The quantitative estimate of drug-likeness (QED) is 0.912. The molecule has 1 amide bonds. The fourth-order valence-electron chi connectivity index (χ4n) is 3.36. The summed E-state index contributed by atoms with van der Waals surface area (Å²) in [6.07, 6.45) is 0.603. The van der Waals surface area contributed by atoms with Crippen molar-refractivity contribution in [3.63, 3.8) is 0 Å². The maximum absolute atomic E-state index is 14.4. The molecule has 0 radical (unpaired) electrons. The molecular formula is C20H20FNO3. The van der Waals surface area contributed by atoms with Crippen molar-refractivity contribution in [2.45, 2.75) is 25.8 Å². The van der Waals surface area contributed by atoms with E-state index in [1.54, 1.807) is 31.2 Å². The summed E-state index contributed by atoms with van der Waals surface area (Å²) in [6, 6.07) is 12.9. The SMILES string of the molecule is CCOC(=O)N[C@H](c1ccccc1F)[C@H]1CCc2ccccc2C1=O. The summed E-state index contributed by atoms with van der Waals surface area (Å²) in [6.45, 7) is 1.90. The minimum atomic E-state index is -0.763. The van der Waals surface area contributed by atoms with Gasteiger partial charge in [-0.3, -0.25) is 4.79 Å². The fourth-order valence-corrected chi connectivity index (χ4v) is 3.36. The lowest BCUT2D eigenvalue weighted by Crippen LogP contribution is -2.39. The number of ketones is 1. The Labute approximate surface area is 146 Å². The molecule has 0 bridgehead atoms. The van der Waals surface area contributed by atoms with Gasteiger partial charge in [0.2, 0.25) is 0 Å². The highest BCUT2D eigenvalue weighted by atomic mass is 19.1. The maximum Gasteiger partial charge on any atom is 0.407 e. The van der Waals surface area contributed by atoms with E-state index in [4.69, 9.17) is 4.74 Å². The number of Topliss-reactive ketones (excluding diaryl/α,β-unsaturated/α-hetero) is 1. The van der Waals surface area contributed by atoms with Gasteiger partial charge >= 0.3 is 6.09 Å². The second-order valence-electron chi connectivity index (χ2n) is 6.03. The van der Waals surface area contributed by atoms with Crippen LogP contribution in [0.25, 0.3) is 0 Å². The first-order valence-electron chi connectivity index (χ1n) is 8.41. The van der Waals surface area contributed by atoms with E-state index in [2.05, 4.69) is 5.32 Å². The third-order valence-electron chi connectivity index (χ3n) is 4.54. The summed E-state index contributed by atoms with van der Waals surface area (Å²) in [5.74, 6) is -1.06. The highest BCUT2D eigenvalue weighted by Gasteiger charge is 2.36. The number of alkyl carbamates (subject to hydrolysis) is 1. The Morgan fingerprint density at radius 1 is 1.24 bits per heavy atom. The van der Waals surface area contributed by atoms with E-state index in [-0.39, 0.29) is 12.4 Å². The Bertz CT molecular complexity index is 790. The predicted molar refractivity (Wildman–Crippen MR) is 91.9 cm³/mol. The molecule has 0 aliphatic heterocycles. The predicted octanol–water partition coefficient (Wildman–Crippen LogP) is 4.06. The molecule has 130 valence electrons. The smallest absolute Gasteiger partial charge is 0.407 e. The molecule has 0 saturated carbocycles. The number of amides is 1. The van der Waals surface area contributed by atoms with Gasteiger partial charge in [0.25, 0.3) is 0 Å². The normalized spacial score (nSPS) is 17.5. The largest absolute Gasteiger partial charge is 0.450 e. The summed E-state index contributed by atoms with van der Waals surface area (Å²) < 4.78 is 19.3. The van der Waals surface area contributed by atoms with Crippen molar-refractivity contribution < 1.29 is 18.7 Å². The molecule has 5 heteroatoms. The number of rotatable bonds is 4. The van der Waals surface area contributed by atoms with Crippen LogP contribution in [-0.4, -0.2) is 18.5 Å². The van der Waals surface area contributed by atoms with Crippen LogP contribution in [0.5, 0.6) is 0 Å². The molecule has 2 aromatic carbocycles. The van der Waals surface area contributed by atoms with Gasteiger partial charge < -0.3 is 10.1 Å². The number of ether oxygens (including phenoxy) is 1. The molecular weight excluding hydrogens is 321 g/mol. The minimum Gasteiger partial charge on any atom is -0.450 e. The topological polar surface area (TPSA) is 55.4 Å². The van der Waals surface area contributed by atoms with Crippen LogP contribution >= 0.6 is 0 Å². The van der Waals surface area contributed by atoms with Crippen LogP contribution in [0, 0.1) is 11.7 Å². The van der Waals surface area contributed by atoms with E-state index in [1.807, 2.05) is 18.2 Å². The minimum absolute atomic E-state index is 0.0769. The first-order chi connectivity index (χ1) is 12.1. The number of fused-ring (bicyclic) bond motifs is 1. The van der Waals surface area contributed by atoms with E-state index in [9.17, 15) is 14.0 Å². The van der Waals surface area contributed by atoms with Crippen LogP contribution < -0.4 is 5.32 Å². The average Bonchev–Trinajstić information content (AvgIpc) is 2.62. The molecule has 0 heterocycles. The lowest BCUT2D eigenvalue weighted by molar-refractivity contribution is 0.0857. The lowest BCUT2D eigenvalue weighted by Gasteiger charge is -2.31. The summed E-state index contributed by atoms with van der Waals surface area (Å²) in [5, 5.41) is 2.68.